The molecule has 3 rings (SSSR count). The van der Waals surface area contributed by atoms with Crippen LogP contribution in [0.25, 0.3) is 5.65 Å². The Hall–Kier alpha value is -1.71. The van der Waals surface area contributed by atoms with Gasteiger partial charge in [0.05, 0.1) is 5.56 Å². The van der Waals surface area contributed by atoms with E-state index >= 15 is 0 Å². The number of nitrogens with zero attached hydrogens (tertiary/aromatic N) is 3. The Morgan fingerprint density at radius 1 is 1.47 bits per heavy atom. The van der Waals surface area contributed by atoms with Crippen LogP contribution in [0, 0.1) is 0 Å². The maximum atomic E-state index is 11.4. The molecule has 1 aliphatic rings. The van der Waals surface area contributed by atoms with E-state index in [1.807, 2.05) is 16.7 Å². The summed E-state index contributed by atoms with van der Waals surface area (Å²) >= 11 is 0. The fourth-order valence-electron chi connectivity index (χ4n) is 1.83. The topological polar surface area (TPSA) is 47.3 Å². The molecule has 0 saturated heterocycles. The summed E-state index contributed by atoms with van der Waals surface area (Å²) in [5.74, 6) is 1.57. The van der Waals surface area contributed by atoms with E-state index in [1.165, 1.54) is 12.8 Å². The van der Waals surface area contributed by atoms with Crippen LogP contribution >= 0.6 is 0 Å². The van der Waals surface area contributed by atoms with Crippen LogP contribution in [-0.4, -0.2) is 20.4 Å². The van der Waals surface area contributed by atoms with E-state index in [-0.39, 0.29) is 5.78 Å². The van der Waals surface area contributed by atoms with Gasteiger partial charge in [-0.05, 0) is 31.9 Å². The molecule has 4 heteroatoms. The molecule has 76 valence electrons. The molecule has 4 nitrogen and oxygen atoms in total. The van der Waals surface area contributed by atoms with Gasteiger partial charge in [0.15, 0.2) is 11.4 Å². The molecule has 1 fully saturated rings. The highest BCUT2D eigenvalue weighted by atomic mass is 16.1. The van der Waals surface area contributed by atoms with Gasteiger partial charge in [0.1, 0.15) is 5.82 Å². The van der Waals surface area contributed by atoms with Crippen LogP contribution in [0.3, 0.4) is 0 Å². The second-order valence-electron chi connectivity index (χ2n) is 4.00. The Bertz CT molecular complexity index is 540. The first-order chi connectivity index (χ1) is 7.27. The van der Waals surface area contributed by atoms with Crippen LogP contribution in [0.15, 0.2) is 18.3 Å². The number of hydrogen-bond donors (Lipinski definition) is 0. The predicted octanol–water partition coefficient (Wildman–Crippen LogP) is 1.81. The normalized spacial score (nSPS) is 15.8. The van der Waals surface area contributed by atoms with Gasteiger partial charge in [-0.3, -0.25) is 9.20 Å². The van der Waals surface area contributed by atoms with Gasteiger partial charge in [-0.2, -0.15) is 0 Å². The molecule has 0 bridgehead atoms. The summed E-state index contributed by atoms with van der Waals surface area (Å²) in [4.78, 5) is 11.4. The van der Waals surface area contributed by atoms with Crippen LogP contribution in [0.2, 0.25) is 0 Å². The molecule has 1 aliphatic carbocycles. The zero-order chi connectivity index (χ0) is 10.4. The molecule has 0 radical (unpaired) electrons. The smallest absolute Gasteiger partial charge is 0.171 e. The molecule has 15 heavy (non-hydrogen) atoms. The molecule has 1 saturated carbocycles. The highest BCUT2D eigenvalue weighted by Crippen LogP contribution is 2.39. The summed E-state index contributed by atoms with van der Waals surface area (Å²) in [5, 5.41) is 8.25. The standard InChI is InChI=1S/C11H11N3O/c1-7(15)9-3-2-6-14-10(8-4-5-8)12-13-11(9)14/h2-3,6,8H,4-5H2,1H3. The first-order valence-corrected chi connectivity index (χ1v) is 5.12. The van der Waals surface area contributed by atoms with Gasteiger partial charge in [0.2, 0.25) is 0 Å². The van der Waals surface area contributed by atoms with E-state index < -0.39 is 0 Å². The van der Waals surface area contributed by atoms with Gasteiger partial charge < -0.3 is 0 Å². The summed E-state index contributed by atoms with van der Waals surface area (Å²) in [5.41, 5.74) is 1.34. The fourth-order valence-corrected chi connectivity index (χ4v) is 1.83. The predicted molar refractivity (Wildman–Crippen MR) is 55.0 cm³/mol. The monoisotopic (exact) mass is 201 g/mol. The zero-order valence-electron chi connectivity index (χ0n) is 8.47. The maximum Gasteiger partial charge on any atom is 0.171 e. The minimum atomic E-state index is 0.0374. The third kappa shape index (κ3) is 1.25. The van der Waals surface area contributed by atoms with Gasteiger partial charge in [-0.1, -0.05) is 0 Å². The lowest BCUT2D eigenvalue weighted by Crippen LogP contribution is -1.98. The number of carbonyl (C=O) groups is 1. The van der Waals surface area contributed by atoms with Crippen molar-refractivity contribution >= 4 is 11.4 Å². The van der Waals surface area contributed by atoms with Crippen molar-refractivity contribution < 1.29 is 4.79 Å². The number of carbonyl (C=O) groups excluding carboxylic acids is 1. The van der Waals surface area contributed by atoms with Gasteiger partial charge in [-0.15, -0.1) is 10.2 Å². The van der Waals surface area contributed by atoms with E-state index in [1.54, 1.807) is 13.0 Å². The van der Waals surface area contributed by atoms with Crippen molar-refractivity contribution in [2.75, 3.05) is 0 Å². The molecule has 0 unspecified atom stereocenters. The number of pyridine rings is 1. The zero-order valence-corrected chi connectivity index (χ0v) is 8.47. The Balaban J connectivity index is 2.27. The summed E-state index contributed by atoms with van der Waals surface area (Å²) < 4.78 is 1.94. The Morgan fingerprint density at radius 2 is 2.27 bits per heavy atom. The van der Waals surface area contributed by atoms with Crippen LogP contribution in [0.1, 0.15) is 41.9 Å². The van der Waals surface area contributed by atoms with Gasteiger partial charge in [0, 0.05) is 12.1 Å². The van der Waals surface area contributed by atoms with Crippen molar-refractivity contribution in [2.24, 2.45) is 0 Å². The quantitative estimate of drug-likeness (QED) is 0.696. The lowest BCUT2D eigenvalue weighted by molar-refractivity contribution is 0.101. The molecule has 0 aromatic carbocycles. The number of hydrogen-bond acceptors (Lipinski definition) is 3. The number of ketones is 1. The molecule has 2 aromatic heterocycles. The summed E-state index contributed by atoms with van der Waals surface area (Å²) in [6.45, 7) is 1.56. The second kappa shape index (κ2) is 2.89. The van der Waals surface area contributed by atoms with Crippen LogP contribution in [0.4, 0.5) is 0 Å². The highest BCUT2D eigenvalue weighted by molar-refractivity contribution is 5.99. The molecule has 0 aliphatic heterocycles. The summed E-state index contributed by atoms with van der Waals surface area (Å²) in [7, 11) is 0. The first-order valence-electron chi connectivity index (χ1n) is 5.12. The number of aromatic nitrogens is 3. The van der Waals surface area contributed by atoms with Crippen LogP contribution < -0.4 is 0 Å². The average Bonchev–Trinajstić information content (AvgIpc) is 2.97. The van der Waals surface area contributed by atoms with Crippen molar-refractivity contribution in [2.45, 2.75) is 25.7 Å². The average molecular weight is 201 g/mol. The molecule has 2 heterocycles. The number of fused-ring (bicyclic) bond motifs is 1. The largest absolute Gasteiger partial charge is 0.294 e. The fraction of sp³-hybridized carbons (Fsp3) is 0.364. The van der Waals surface area contributed by atoms with E-state index in [9.17, 15) is 4.79 Å². The first kappa shape index (κ1) is 8.59. The molecular formula is C11H11N3O. The van der Waals surface area contributed by atoms with E-state index in [2.05, 4.69) is 10.2 Å². The Kier molecular flexibility index (Phi) is 1.65. The summed E-state index contributed by atoms with van der Waals surface area (Å²) in [6.07, 6.45) is 4.30. The van der Waals surface area contributed by atoms with E-state index in [0.717, 1.165) is 5.82 Å². The molecule has 2 aromatic rings. The number of Topliss-reactive ketones (excluding diaryl/α,β-unsaturated/α-hetero) is 1. The van der Waals surface area contributed by atoms with Gasteiger partial charge >= 0.3 is 0 Å². The Morgan fingerprint density at radius 3 is 2.93 bits per heavy atom. The van der Waals surface area contributed by atoms with Gasteiger partial charge in [0.25, 0.3) is 0 Å². The lowest BCUT2D eigenvalue weighted by atomic mass is 10.2. The molecular weight excluding hydrogens is 190 g/mol. The van der Waals surface area contributed by atoms with Gasteiger partial charge in [-0.25, -0.2) is 0 Å². The van der Waals surface area contributed by atoms with Crippen molar-refractivity contribution in [3.05, 3.63) is 29.7 Å². The maximum absolute atomic E-state index is 11.4. The van der Waals surface area contributed by atoms with E-state index in [0.29, 0.717) is 17.1 Å². The minimum Gasteiger partial charge on any atom is -0.294 e. The van der Waals surface area contributed by atoms with Crippen LogP contribution in [-0.2, 0) is 0 Å². The second-order valence-corrected chi connectivity index (χ2v) is 4.00. The number of rotatable bonds is 2. The molecule has 0 spiro atoms. The van der Waals surface area contributed by atoms with E-state index in [4.69, 9.17) is 0 Å². The van der Waals surface area contributed by atoms with Crippen molar-refractivity contribution in [3.8, 4) is 0 Å². The van der Waals surface area contributed by atoms with Crippen molar-refractivity contribution in [3.63, 3.8) is 0 Å². The van der Waals surface area contributed by atoms with Crippen molar-refractivity contribution in [1.82, 2.24) is 14.6 Å². The third-order valence-corrected chi connectivity index (χ3v) is 2.78. The van der Waals surface area contributed by atoms with Crippen LogP contribution in [0.5, 0.6) is 0 Å². The lowest BCUT2D eigenvalue weighted by Gasteiger charge is -1.99. The Labute approximate surface area is 86.9 Å². The SMILES string of the molecule is CC(=O)c1cccn2c(C3CC3)nnc12. The third-order valence-electron chi connectivity index (χ3n) is 2.78. The molecule has 0 N–H and O–H groups in total. The van der Waals surface area contributed by atoms with Crippen molar-refractivity contribution in [1.29, 1.82) is 0 Å². The molecule has 0 atom stereocenters. The summed E-state index contributed by atoms with van der Waals surface area (Å²) in [6, 6.07) is 3.67. The minimum absolute atomic E-state index is 0.0374. The highest BCUT2D eigenvalue weighted by Gasteiger charge is 2.29. The molecule has 0 amide bonds.